The summed E-state index contributed by atoms with van der Waals surface area (Å²) in [6.07, 6.45) is 3.10. The number of β-amino-alcohol motifs (C(OH)–C–C–N with tert-alkyl or cyclic N) is 1. The fraction of sp³-hybridized carbons (Fsp3) is 0.515. The molecule has 0 amide bonds. The minimum atomic E-state index is -4.43. The van der Waals surface area contributed by atoms with Crippen molar-refractivity contribution < 1.29 is 27.2 Å². The van der Waals surface area contributed by atoms with Gasteiger partial charge in [0.05, 0.1) is 53.6 Å². The Morgan fingerprint density at radius 2 is 1.81 bits per heavy atom. The highest BCUT2D eigenvalue weighted by atomic mass is 32.2. The molecule has 47 heavy (non-hydrogen) atoms. The van der Waals surface area contributed by atoms with Gasteiger partial charge in [-0.25, -0.2) is 13.5 Å². The Morgan fingerprint density at radius 3 is 2.51 bits per heavy atom. The van der Waals surface area contributed by atoms with Crippen LogP contribution in [0, 0.1) is 0 Å². The van der Waals surface area contributed by atoms with Gasteiger partial charge in [0.25, 0.3) is 0 Å². The monoisotopic (exact) mass is 671 g/mol. The van der Waals surface area contributed by atoms with Gasteiger partial charge in [0.1, 0.15) is 0 Å². The number of aromatic amines is 1. The lowest BCUT2D eigenvalue weighted by molar-refractivity contribution is -0.137. The molecule has 4 aromatic rings. The van der Waals surface area contributed by atoms with Gasteiger partial charge in [-0.1, -0.05) is 12.1 Å². The number of aromatic nitrogens is 4. The first-order chi connectivity index (χ1) is 22.7. The number of rotatable bonds is 8. The Morgan fingerprint density at radius 1 is 1.06 bits per heavy atom. The number of H-pyrrole nitrogens is 1. The second kappa shape index (κ2) is 13.3. The van der Waals surface area contributed by atoms with Gasteiger partial charge in [0.15, 0.2) is 5.82 Å². The maximum atomic E-state index is 13.2. The maximum absolute atomic E-state index is 13.2. The molecule has 3 aliphatic rings. The molecule has 6 heterocycles. The second-order valence-electron chi connectivity index (χ2n) is 12.7. The molecule has 0 aliphatic carbocycles. The summed E-state index contributed by atoms with van der Waals surface area (Å²) in [6.45, 7) is 6.54. The largest absolute Gasteiger partial charge is 0.416 e. The van der Waals surface area contributed by atoms with Crippen LogP contribution in [0.25, 0.3) is 22.2 Å². The molecular formula is C33H40F3N7O3S. The van der Waals surface area contributed by atoms with E-state index in [1.807, 2.05) is 15.2 Å². The molecule has 1 aromatic carbocycles. The molecule has 0 spiro atoms. The number of aliphatic hydroxyl groups excluding tert-OH is 1. The van der Waals surface area contributed by atoms with Gasteiger partial charge in [0, 0.05) is 80.0 Å². The van der Waals surface area contributed by atoms with E-state index in [0.29, 0.717) is 56.4 Å². The molecule has 3 aromatic heterocycles. The lowest BCUT2D eigenvalue weighted by Gasteiger charge is -2.33. The number of hydrogen-bond acceptors (Lipinski definition) is 7. The summed E-state index contributed by atoms with van der Waals surface area (Å²) in [5.74, 6) is 1.39. The molecule has 252 valence electrons. The van der Waals surface area contributed by atoms with Crippen LogP contribution >= 0.6 is 0 Å². The fourth-order valence-corrected chi connectivity index (χ4v) is 7.94. The molecule has 3 aliphatic heterocycles. The molecule has 0 saturated carbocycles. The van der Waals surface area contributed by atoms with Crippen molar-refractivity contribution in [2.45, 2.75) is 50.6 Å². The summed E-state index contributed by atoms with van der Waals surface area (Å²) in [5, 5.41) is 17.3. The number of nitrogens with one attached hydrogen (secondary N) is 1. The number of morpholine rings is 1. The van der Waals surface area contributed by atoms with E-state index in [0.717, 1.165) is 73.7 Å². The highest BCUT2D eigenvalue weighted by Crippen LogP contribution is 2.37. The summed E-state index contributed by atoms with van der Waals surface area (Å²) in [7, 11) is -1.19. The zero-order valence-electron chi connectivity index (χ0n) is 26.4. The number of likely N-dealkylation sites (tertiary alicyclic amines) is 1. The molecule has 0 radical (unpaired) electrons. The van der Waals surface area contributed by atoms with Gasteiger partial charge in [-0.05, 0) is 55.6 Å². The van der Waals surface area contributed by atoms with Crippen LogP contribution in [-0.2, 0) is 41.4 Å². The molecule has 2 N–H and O–H groups in total. The average molecular weight is 672 g/mol. The van der Waals surface area contributed by atoms with Crippen LogP contribution in [0.3, 0.4) is 0 Å². The topological polar surface area (TPSA) is 103 Å². The molecule has 14 heteroatoms. The number of nitrogens with zero attached hydrogens (tertiary/aromatic N) is 6. The summed E-state index contributed by atoms with van der Waals surface area (Å²) in [4.78, 5) is 12.8. The highest BCUT2D eigenvalue weighted by molar-refractivity contribution is 7.81. The van der Waals surface area contributed by atoms with Crippen LogP contribution in [0.2, 0.25) is 0 Å². The summed E-state index contributed by atoms with van der Waals surface area (Å²) in [5.41, 5.74) is 4.60. The molecule has 2 unspecified atom stereocenters. The van der Waals surface area contributed by atoms with Crippen LogP contribution < -0.4 is 4.90 Å². The van der Waals surface area contributed by atoms with E-state index in [1.165, 1.54) is 23.1 Å². The van der Waals surface area contributed by atoms with Gasteiger partial charge >= 0.3 is 6.18 Å². The van der Waals surface area contributed by atoms with E-state index in [2.05, 4.69) is 32.0 Å². The van der Waals surface area contributed by atoms with Crippen molar-refractivity contribution in [2.24, 2.45) is 0 Å². The zero-order chi connectivity index (χ0) is 32.7. The van der Waals surface area contributed by atoms with Crippen molar-refractivity contribution in [2.75, 3.05) is 63.6 Å². The van der Waals surface area contributed by atoms with Gasteiger partial charge in [-0.3, -0.25) is 4.68 Å². The predicted octanol–water partition coefficient (Wildman–Crippen LogP) is 4.17. The minimum absolute atomic E-state index is 0.276. The van der Waals surface area contributed by atoms with E-state index in [4.69, 9.17) is 9.84 Å². The molecule has 2 saturated heterocycles. The number of ether oxygens (including phenoxy) is 1. The second-order valence-corrected chi connectivity index (χ2v) is 14.1. The first-order valence-electron chi connectivity index (χ1n) is 16.2. The first-order valence-corrected chi connectivity index (χ1v) is 17.7. The number of fused-ring (bicyclic) bond motifs is 2. The van der Waals surface area contributed by atoms with Crippen molar-refractivity contribution in [1.29, 1.82) is 0 Å². The van der Waals surface area contributed by atoms with Crippen LogP contribution in [0.15, 0.2) is 42.7 Å². The summed E-state index contributed by atoms with van der Waals surface area (Å²) < 4.78 is 61.1. The van der Waals surface area contributed by atoms with Crippen molar-refractivity contribution >= 4 is 27.7 Å². The van der Waals surface area contributed by atoms with Crippen LogP contribution in [-0.4, -0.2) is 103 Å². The van der Waals surface area contributed by atoms with Gasteiger partial charge in [-0.2, -0.15) is 18.3 Å². The zero-order valence-corrected chi connectivity index (χ0v) is 27.2. The Hall–Kier alpha value is -3.30. The molecule has 2 atom stereocenters. The van der Waals surface area contributed by atoms with Crippen molar-refractivity contribution in [3.63, 3.8) is 0 Å². The average Bonchev–Trinajstić information content (AvgIpc) is 3.67. The number of alkyl halides is 3. The fourth-order valence-electron chi connectivity index (χ4n) is 7.28. The third-order valence-electron chi connectivity index (χ3n) is 9.75. The third kappa shape index (κ3) is 6.71. The van der Waals surface area contributed by atoms with Crippen LogP contribution in [0.5, 0.6) is 0 Å². The quantitative estimate of drug-likeness (QED) is 0.290. The number of aliphatic hydroxyl groups is 1. The summed E-state index contributed by atoms with van der Waals surface area (Å²) in [6, 6.07) is 7.10. The number of pyridine rings is 1. The minimum Gasteiger partial charge on any atom is -0.390 e. The Kier molecular flexibility index (Phi) is 9.13. The molecule has 7 rings (SSSR count). The van der Waals surface area contributed by atoms with E-state index >= 15 is 0 Å². The van der Waals surface area contributed by atoms with Gasteiger partial charge in [-0.15, -0.1) is 0 Å². The van der Waals surface area contributed by atoms with Crippen LogP contribution in [0.1, 0.15) is 41.1 Å². The van der Waals surface area contributed by atoms with Crippen molar-refractivity contribution in [3.05, 3.63) is 65.1 Å². The third-order valence-corrected chi connectivity index (χ3v) is 10.8. The summed E-state index contributed by atoms with van der Waals surface area (Å²) >= 11 is 0. The Labute approximate surface area is 274 Å². The van der Waals surface area contributed by atoms with Crippen LogP contribution in [0.4, 0.5) is 19.0 Å². The highest BCUT2D eigenvalue weighted by Gasteiger charge is 2.32. The molecule has 2 fully saturated rings. The lowest BCUT2D eigenvalue weighted by Crippen LogP contribution is -2.40. The normalized spacial score (nSPS) is 20.1. The number of piperidine rings is 1. The molecule has 0 bridgehead atoms. The van der Waals surface area contributed by atoms with E-state index in [-0.39, 0.29) is 6.54 Å². The number of hydrogen-bond donors (Lipinski definition) is 2. The van der Waals surface area contributed by atoms with Crippen molar-refractivity contribution in [1.82, 2.24) is 29.0 Å². The lowest BCUT2D eigenvalue weighted by atomic mass is 9.89. The number of halogens is 3. The van der Waals surface area contributed by atoms with Gasteiger partial charge in [0.2, 0.25) is 0 Å². The smallest absolute Gasteiger partial charge is 0.390 e. The first kappa shape index (κ1) is 32.3. The number of anilines is 1. The SMILES string of the molecule is CS(=O)N1CCc2c(c(-c3ccc(C(F)(F)F)cc3)nn2CC(O)CN2CCC(c3c[nH]c4c(N5CCOCC5)nccc34)CC2)C1. The Bertz CT molecular complexity index is 1730. The van der Waals surface area contributed by atoms with Gasteiger partial charge < -0.3 is 24.6 Å². The van der Waals surface area contributed by atoms with E-state index in [9.17, 15) is 22.5 Å². The van der Waals surface area contributed by atoms with E-state index < -0.39 is 28.8 Å². The predicted molar refractivity (Wildman–Crippen MR) is 174 cm³/mol. The Balaban J connectivity index is 1.02. The van der Waals surface area contributed by atoms with Crippen molar-refractivity contribution in [3.8, 4) is 11.3 Å². The number of benzene rings is 1. The standard InChI is InChI=1S/C33H40F3N7O3S/c1-47(45)42-13-9-29-28(21-42)30(23-2-4-24(5-3-23)33(34,35)36)39-43(29)20-25(44)19-40-11-7-22(8-12-40)27-18-38-31-26(27)6-10-37-32(31)41-14-16-46-17-15-41/h2-6,10,18,22,25,38,44H,7-9,11-17,19-21H2,1H3. The molecular weight excluding hydrogens is 631 g/mol. The molecule has 10 nitrogen and oxygen atoms in total. The maximum Gasteiger partial charge on any atom is 0.416 e. The van der Waals surface area contributed by atoms with E-state index in [1.54, 1.807) is 6.26 Å².